The average molecular weight is 270 g/mol. The number of rotatable bonds is 4. The molecule has 2 heterocycles. The highest BCUT2D eigenvalue weighted by Crippen LogP contribution is 2.22. The van der Waals surface area contributed by atoms with Crippen LogP contribution >= 0.6 is 0 Å². The van der Waals surface area contributed by atoms with E-state index in [-0.39, 0.29) is 11.8 Å². The van der Waals surface area contributed by atoms with E-state index in [1.165, 1.54) is 4.90 Å². The third-order valence-electron chi connectivity index (χ3n) is 3.41. The van der Waals surface area contributed by atoms with E-state index in [2.05, 4.69) is 4.98 Å². The van der Waals surface area contributed by atoms with Gasteiger partial charge >= 0.3 is 0 Å². The van der Waals surface area contributed by atoms with Crippen LogP contribution in [0.5, 0.6) is 0 Å². The van der Waals surface area contributed by atoms with Gasteiger partial charge in [-0.2, -0.15) is 0 Å². The van der Waals surface area contributed by atoms with Crippen LogP contribution in [0.2, 0.25) is 0 Å². The van der Waals surface area contributed by atoms with Gasteiger partial charge in [0, 0.05) is 25.5 Å². The molecular formula is C14H14N4O2. The van der Waals surface area contributed by atoms with E-state index in [9.17, 15) is 9.59 Å². The predicted molar refractivity (Wildman–Crippen MR) is 73.1 cm³/mol. The molecule has 0 radical (unpaired) electrons. The largest absolute Gasteiger partial charge is 0.369 e. The molecule has 0 fully saturated rings. The normalized spacial score (nSPS) is 13.9. The molecule has 6 nitrogen and oxygen atoms in total. The highest BCUT2D eigenvalue weighted by atomic mass is 16.2. The molecule has 0 saturated carbocycles. The van der Waals surface area contributed by atoms with Gasteiger partial charge in [-0.25, -0.2) is 4.98 Å². The van der Waals surface area contributed by atoms with Crippen LogP contribution in [-0.4, -0.2) is 32.8 Å². The zero-order valence-electron chi connectivity index (χ0n) is 10.8. The predicted octanol–water partition coefficient (Wildman–Crippen LogP) is 1.15. The maximum atomic E-state index is 12.1. The standard InChI is InChI=1S/C14H14N4O2/c15-14-16-6-9-17(14)7-3-8-18-12(19)10-4-1-2-5-11(10)13(18)20/h1-2,4-6,9H,3,7-8H2,(H2,15,16). The lowest BCUT2D eigenvalue weighted by Crippen LogP contribution is -2.31. The number of carbonyl (C=O) groups excluding carboxylic acids is 2. The fourth-order valence-electron chi connectivity index (χ4n) is 2.37. The van der Waals surface area contributed by atoms with Crippen molar-refractivity contribution in [3.05, 3.63) is 47.8 Å². The molecule has 0 bridgehead atoms. The molecule has 1 aromatic carbocycles. The number of amides is 2. The molecule has 1 aromatic heterocycles. The maximum absolute atomic E-state index is 12.1. The molecule has 3 rings (SSSR count). The Morgan fingerprint density at radius 3 is 2.25 bits per heavy atom. The van der Waals surface area contributed by atoms with Crippen LogP contribution in [0.4, 0.5) is 5.95 Å². The van der Waals surface area contributed by atoms with Gasteiger partial charge in [0.1, 0.15) is 0 Å². The summed E-state index contributed by atoms with van der Waals surface area (Å²) in [6.45, 7) is 1.00. The van der Waals surface area contributed by atoms with Crippen molar-refractivity contribution >= 4 is 17.8 Å². The van der Waals surface area contributed by atoms with Gasteiger partial charge < -0.3 is 10.3 Å². The molecule has 102 valence electrons. The highest BCUT2D eigenvalue weighted by Gasteiger charge is 2.34. The summed E-state index contributed by atoms with van der Waals surface area (Å²) in [5.74, 6) is 0.000710. The van der Waals surface area contributed by atoms with Gasteiger partial charge in [0.2, 0.25) is 0 Å². The van der Waals surface area contributed by atoms with E-state index in [0.717, 1.165) is 0 Å². The Kier molecular flexibility index (Phi) is 2.98. The van der Waals surface area contributed by atoms with E-state index in [1.54, 1.807) is 41.2 Å². The average Bonchev–Trinajstić information content (AvgIpc) is 2.97. The Balaban J connectivity index is 1.67. The molecule has 0 unspecified atom stereocenters. The SMILES string of the molecule is Nc1nccn1CCCN1C(=O)c2ccccc2C1=O. The van der Waals surface area contributed by atoms with Crippen LogP contribution in [0.25, 0.3) is 0 Å². The lowest BCUT2D eigenvalue weighted by Gasteiger charge is -2.14. The molecule has 0 aliphatic carbocycles. The molecule has 6 heteroatoms. The minimum atomic E-state index is -0.218. The molecular weight excluding hydrogens is 256 g/mol. The first-order valence-electron chi connectivity index (χ1n) is 6.40. The van der Waals surface area contributed by atoms with Gasteiger partial charge in [-0.3, -0.25) is 14.5 Å². The molecule has 1 aliphatic rings. The lowest BCUT2D eigenvalue weighted by molar-refractivity contribution is 0.0651. The van der Waals surface area contributed by atoms with E-state index >= 15 is 0 Å². The number of aryl methyl sites for hydroxylation is 1. The van der Waals surface area contributed by atoms with Crippen molar-refractivity contribution in [2.24, 2.45) is 0 Å². The van der Waals surface area contributed by atoms with Gasteiger partial charge in [0.25, 0.3) is 11.8 Å². The first kappa shape index (κ1) is 12.4. The summed E-state index contributed by atoms with van der Waals surface area (Å²) < 4.78 is 1.79. The Morgan fingerprint density at radius 1 is 1.05 bits per heavy atom. The number of carbonyl (C=O) groups is 2. The minimum absolute atomic E-state index is 0.218. The first-order chi connectivity index (χ1) is 9.68. The van der Waals surface area contributed by atoms with Gasteiger partial charge in [0.05, 0.1) is 11.1 Å². The molecule has 1 aliphatic heterocycles. The molecule has 2 amide bonds. The van der Waals surface area contributed by atoms with E-state index in [0.29, 0.717) is 36.6 Å². The van der Waals surface area contributed by atoms with Crippen LogP contribution in [0.15, 0.2) is 36.7 Å². The fraction of sp³-hybridized carbons (Fsp3) is 0.214. The van der Waals surface area contributed by atoms with E-state index < -0.39 is 0 Å². The monoisotopic (exact) mass is 270 g/mol. The van der Waals surface area contributed by atoms with Crippen LogP contribution < -0.4 is 5.73 Å². The number of anilines is 1. The Bertz CT molecular complexity index is 642. The number of benzene rings is 1. The number of nitrogen functional groups attached to an aromatic ring is 1. The number of hydrogen-bond donors (Lipinski definition) is 1. The number of imide groups is 1. The summed E-state index contributed by atoms with van der Waals surface area (Å²) in [4.78, 5) is 29.5. The molecule has 2 aromatic rings. The second-order valence-electron chi connectivity index (χ2n) is 4.64. The van der Waals surface area contributed by atoms with Crippen molar-refractivity contribution in [3.63, 3.8) is 0 Å². The smallest absolute Gasteiger partial charge is 0.261 e. The lowest BCUT2D eigenvalue weighted by atomic mass is 10.1. The van der Waals surface area contributed by atoms with Gasteiger partial charge in [-0.15, -0.1) is 0 Å². The summed E-state index contributed by atoms with van der Waals surface area (Å²) >= 11 is 0. The quantitative estimate of drug-likeness (QED) is 0.845. The second-order valence-corrected chi connectivity index (χ2v) is 4.64. The van der Waals surface area contributed by atoms with E-state index in [4.69, 9.17) is 5.73 Å². The van der Waals surface area contributed by atoms with Crippen molar-refractivity contribution in [2.45, 2.75) is 13.0 Å². The summed E-state index contributed by atoms with van der Waals surface area (Å²) in [6.07, 6.45) is 4.04. The summed E-state index contributed by atoms with van der Waals surface area (Å²) in [5.41, 5.74) is 6.63. The van der Waals surface area contributed by atoms with Gasteiger partial charge in [-0.05, 0) is 18.6 Å². The molecule has 0 saturated heterocycles. The van der Waals surface area contributed by atoms with Gasteiger partial charge in [0.15, 0.2) is 5.95 Å². The zero-order chi connectivity index (χ0) is 14.1. The van der Waals surface area contributed by atoms with Crippen LogP contribution in [0.3, 0.4) is 0 Å². The first-order valence-corrected chi connectivity index (χ1v) is 6.40. The van der Waals surface area contributed by atoms with Crippen molar-refractivity contribution in [1.82, 2.24) is 14.5 Å². The number of nitrogens with two attached hydrogens (primary N) is 1. The van der Waals surface area contributed by atoms with Crippen molar-refractivity contribution < 1.29 is 9.59 Å². The highest BCUT2D eigenvalue weighted by molar-refractivity contribution is 6.21. The van der Waals surface area contributed by atoms with E-state index in [1.807, 2.05) is 0 Å². The number of fused-ring (bicyclic) bond motifs is 1. The van der Waals surface area contributed by atoms with Crippen molar-refractivity contribution in [3.8, 4) is 0 Å². The number of imidazole rings is 1. The number of hydrogen-bond acceptors (Lipinski definition) is 4. The van der Waals surface area contributed by atoms with Crippen molar-refractivity contribution in [1.29, 1.82) is 0 Å². The molecule has 20 heavy (non-hydrogen) atoms. The summed E-state index contributed by atoms with van der Waals surface area (Å²) in [6, 6.07) is 6.90. The number of nitrogens with zero attached hydrogens (tertiary/aromatic N) is 3. The van der Waals surface area contributed by atoms with Crippen LogP contribution in [0.1, 0.15) is 27.1 Å². The van der Waals surface area contributed by atoms with Crippen LogP contribution in [-0.2, 0) is 6.54 Å². The maximum Gasteiger partial charge on any atom is 0.261 e. The number of aromatic nitrogens is 2. The Hall–Kier alpha value is -2.63. The molecule has 0 atom stereocenters. The van der Waals surface area contributed by atoms with Gasteiger partial charge in [-0.1, -0.05) is 12.1 Å². The fourth-order valence-corrected chi connectivity index (χ4v) is 2.37. The summed E-state index contributed by atoms with van der Waals surface area (Å²) in [5, 5.41) is 0. The Labute approximate surface area is 115 Å². The second kappa shape index (κ2) is 4.80. The van der Waals surface area contributed by atoms with Crippen molar-refractivity contribution in [2.75, 3.05) is 12.3 Å². The topological polar surface area (TPSA) is 81.2 Å². The minimum Gasteiger partial charge on any atom is -0.369 e. The third kappa shape index (κ3) is 1.95. The Morgan fingerprint density at radius 2 is 1.70 bits per heavy atom. The molecule has 0 spiro atoms. The van der Waals surface area contributed by atoms with Crippen LogP contribution in [0, 0.1) is 0 Å². The summed E-state index contributed by atoms with van der Waals surface area (Å²) in [7, 11) is 0. The third-order valence-corrected chi connectivity index (χ3v) is 3.41. The zero-order valence-corrected chi connectivity index (χ0v) is 10.8. The molecule has 2 N–H and O–H groups in total.